The minimum atomic E-state index is -0.372. The van der Waals surface area contributed by atoms with E-state index in [4.69, 9.17) is 0 Å². The summed E-state index contributed by atoms with van der Waals surface area (Å²) >= 11 is 5.20. The number of ether oxygens (including phenoxy) is 1. The van der Waals surface area contributed by atoms with Crippen molar-refractivity contribution in [3.63, 3.8) is 0 Å². The Morgan fingerprint density at radius 2 is 2.24 bits per heavy atom. The van der Waals surface area contributed by atoms with Crippen molar-refractivity contribution in [2.45, 2.75) is 29.5 Å². The van der Waals surface area contributed by atoms with E-state index < -0.39 is 0 Å². The van der Waals surface area contributed by atoms with E-state index in [9.17, 15) is 4.79 Å². The molecular formula is C17H25N3O2S3. The number of methoxy groups -OCH3 is 1. The first-order valence-corrected chi connectivity index (χ1v) is 11.0. The molecule has 0 aliphatic rings. The molecule has 0 spiro atoms. The van der Waals surface area contributed by atoms with Crippen molar-refractivity contribution >= 4 is 51.4 Å². The van der Waals surface area contributed by atoms with Crippen molar-refractivity contribution in [2.75, 3.05) is 33.0 Å². The summed E-state index contributed by atoms with van der Waals surface area (Å²) in [4.78, 5) is 16.9. The van der Waals surface area contributed by atoms with E-state index in [1.54, 1.807) is 35.0 Å². The number of alkyl carbamates (subject to hydrolysis) is 1. The van der Waals surface area contributed by atoms with Crippen LogP contribution in [0.4, 0.5) is 4.79 Å². The molecule has 0 aliphatic heterocycles. The Morgan fingerprint density at radius 3 is 2.92 bits per heavy atom. The van der Waals surface area contributed by atoms with Gasteiger partial charge in [-0.3, -0.25) is 0 Å². The van der Waals surface area contributed by atoms with E-state index in [0.717, 1.165) is 29.4 Å². The molecule has 138 valence electrons. The molecular weight excluding hydrogens is 374 g/mol. The van der Waals surface area contributed by atoms with Crippen molar-refractivity contribution in [3.05, 3.63) is 18.2 Å². The number of nitrogens with one attached hydrogen (secondary N) is 1. The van der Waals surface area contributed by atoms with Gasteiger partial charge >= 0.3 is 6.09 Å². The van der Waals surface area contributed by atoms with Gasteiger partial charge in [0.15, 0.2) is 4.34 Å². The molecule has 0 atom stereocenters. The van der Waals surface area contributed by atoms with Crippen LogP contribution in [0.5, 0.6) is 0 Å². The quantitative estimate of drug-likeness (QED) is 0.374. The van der Waals surface area contributed by atoms with Crippen molar-refractivity contribution in [1.82, 2.24) is 14.6 Å². The van der Waals surface area contributed by atoms with Crippen molar-refractivity contribution < 1.29 is 9.53 Å². The number of aromatic nitrogens is 1. The molecule has 0 saturated carbocycles. The molecule has 0 bridgehead atoms. The maximum Gasteiger partial charge on any atom is 0.406 e. The summed E-state index contributed by atoms with van der Waals surface area (Å²) in [5.74, 6) is 0.580. The smallest absolute Gasteiger partial charge is 0.406 e. The number of benzene rings is 1. The Bertz CT molecular complexity index is 691. The number of thiazole rings is 1. The highest BCUT2D eigenvalue weighted by atomic mass is 32.2. The summed E-state index contributed by atoms with van der Waals surface area (Å²) in [5, 5.41) is 2.73. The van der Waals surface area contributed by atoms with Gasteiger partial charge in [0, 0.05) is 24.5 Å². The largest absolute Gasteiger partial charge is 0.453 e. The summed E-state index contributed by atoms with van der Waals surface area (Å²) in [6.45, 7) is 6.96. The number of nitrogens with zero attached hydrogens (tertiary/aromatic N) is 2. The average Bonchev–Trinajstić information content (AvgIpc) is 3.00. The van der Waals surface area contributed by atoms with Crippen LogP contribution in [0.15, 0.2) is 27.4 Å². The zero-order chi connectivity index (χ0) is 18.2. The van der Waals surface area contributed by atoms with Crippen molar-refractivity contribution in [2.24, 2.45) is 5.92 Å². The third-order valence-electron chi connectivity index (χ3n) is 3.36. The van der Waals surface area contributed by atoms with Crippen LogP contribution in [-0.4, -0.2) is 48.4 Å². The molecule has 0 unspecified atom stereocenters. The molecule has 1 aromatic carbocycles. The van der Waals surface area contributed by atoms with Gasteiger partial charge in [-0.2, -0.15) is 0 Å². The molecule has 1 N–H and O–H groups in total. The Morgan fingerprint density at radius 1 is 1.44 bits per heavy atom. The average molecular weight is 400 g/mol. The number of rotatable bonds is 9. The molecule has 0 radical (unpaired) electrons. The summed E-state index contributed by atoms with van der Waals surface area (Å²) in [5.41, 5.74) is 1.07. The summed E-state index contributed by atoms with van der Waals surface area (Å²) in [6.07, 6.45) is 2.57. The van der Waals surface area contributed by atoms with Crippen molar-refractivity contribution in [1.29, 1.82) is 0 Å². The third kappa shape index (κ3) is 6.69. The first-order valence-electron chi connectivity index (χ1n) is 8.21. The number of hydrogen-bond acceptors (Lipinski definition) is 7. The summed E-state index contributed by atoms with van der Waals surface area (Å²) in [7, 11) is 1.38. The fourth-order valence-corrected chi connectivity index (χ4v) is 5.07. The molecule has 1 aromatic heterocycles. The highest BCUT2D eigenvalue weighted by Gasteiger charge is 2.11. The lowest BCUT2D eigenvalue weighted by molar-refractivity contribution is 0.170. The van der Waals surface area contributed by atoms with Crippen LogP contribution < -0.4 is 5.32 Å². The van der Waals surface area contributed by atoms with Gasteiger partial charge in [-0.25, -0.2) is 14.1 Å². The highest BCUT2D eigenvalue weighted by Crippen LogP contribution is 2.32. The number of thioether (sulfide) groups is 1. The van der Waals surface area contributed by atoms with Gasteiger partial charge in [0.1, 0.15) is 0 Å². The summed E-state index contributed by atoms with van der Waals surface area (Å²) < 4.78 is 9.29. The van der Waals surface area contributed by atoms with Gasteiger partial charge in [-0.1, -0.05) is 25.6 Å². The Labute approximate surface area is 162 Å². The SMILES string of the molecule is COC(=O)NCCCN(CC(C)C)Sc1ccc2nc(SC)sc2c1. The molecule has 25 heavy (non-hydrogen) atoms. The number of hydrogen-bond donors (Lipinski definition) is 1. The van der Waals surface area contributed by atoms with Crippen LogP contribution in [0.2, 0.25) is 0 Å². The zero-order valence-electron chi connectivity index (χ0n) is 15.1. The van der Waals surface area contributed by atoms with Crippen LogP contribution >= 0.6 is 35.0 Å². The Balaban J connectivity index is 1.96. The van der Waals surface area contributed by atoms with Crippen LogP contribution in [0.3, 0.4) is 0 Å². The normalized spacial score (nSPS) is 11.4. The van der Waals surface area contributed by atoms with Gasteiger partial charge < -0.3 is 10.1 Å². The first-order chi connectivity index (χ1) is 12.0. The fourth-order valence-electron chi connectivity index (χ4n) is 2.28. The molecule has 1 amide bonds. The second kappa shape index (κ2) is 10.3. The third-order valence-corrected chi connectivity index (χ3v) is 6.42. The lowest BCUT2D eigenvalue weighted by atomic mass is 10.2. The molecule has 2 aromatic rings. The van der Waals surface area contributed by atoms with E-state index >= 15 is 0 Å². The van der Waals surface area contributed by atoms with Crippen LogP contribution in [0.25, 0.3) is 10.2 Å². The molecule has 0 saturated heterocycles. The molecule has 2 rings (SSSR count). The summed E-state index contributed by atoms with van der Waals surface area (Å²) in [6, 6.07) is 6.45. The number of carbonyl (C=O) groups excluding carboxylic acids is 1. The van der Waals surface area contributed by atoms with Gasteiger partial charge in [-0.15, -0.1) is 11.3 Å². The zero-order valence-corrected chi connectivity index (χ0v) is 17.5. The van der Waals surface area contributed by atoms with Crippen LogP contribution in [-0.2, 0) is 4.74 Å². The molecule has 8 heteroatoms. The maximum absolute atomic E-state index is 11.1. The van der Waals surface area contributed by atoms with Crippen LogP contribution in [0.1, 0.15) is 20.3 Å². The Hall–Kier alpha value is -0.960. The van der Waals surface area contributed by atoms with E-state index in [2.05, 4.69) is 57.6 Å². The van der Waals surface area contributed by atoms with E-state index in [-0.39, 0.29) is 6.09 Å². The molecule has 0 fully saturated rings. The second-order valence-electron chi connectivity index (χ2n) is 5.96. The predicted octanol–water partition coefficient (Wildman–Crippen LogP) is 4.73. The fraction of sp³-hybridized carbons (Fsp3) is 0.529. The second-order valence-corrected chi connectivity index (χ2v) is 9.21. The van der Waals surface area contributed by atoms with Crippen molar-refractivity contribution in [3.8, 4) is 0 Å². The minimum absolute atomic E-state index is 0.372. The van der Waals surface area contributed by atoms with E-state index in [1.165, 1.54) is 16.7 Å². The van der Waals surface area contributed by atoms with E-state index in [0.29, 0.717) is 12.5 Å². The molecule has 0 aliphatic carbocycles. The van der Waals surface area contributed by atoms with Crippen LogP contribution in [0, 0.1) is 5.92 Å². The monoisotopic (exact) mass is 399 g/mol. The minimum Gasteiger partial charge on any atom is -0.453 e. The molecule has 5 nitrogen and oxygen atoms in total. The number of fused-ring (bicyclic) bond motifs is 1. The standard InChI is InChI=1S/C17H25N3O2S3/c1-12(2)11-20(9-5-8-18-16(21)22-3)25-13-6-7-14-15(10-13)24-17(19-14)23-4/h6-7,10,12H,5,8-9,11H2,1-4H3,(H,18,21). The number of carbonyl (C=O) groups is 1. The first kappa shape index (κ1) is 20.4. The maximum atomic E-state index is 11.1. The Kier molecular flexibility index (Phi) is 8.35. The van der Waals surface area contributed by atoms with Gasteiger partial charge in [0.25, 0.3) is 0 Å². The van der Waals surface area contributed by atoms with E-state index in [1.807, 2.05) is 0 Å². The highest BCUT2D eigenvalue weighted by molar-refractivity contribution is 8.00. The van der Waals surface area contributed by atoms with Gasteiger partial charge in [0.2, 0.25) is 0 Å². The van der Waals surface area contributed by atoms with Gasteiger partial charge in [-0.05, 0) is 48.7 Å². The number of amides is 1. The lowest BCUT2D eigenvalue weighted by Crippen LogP contribution is -2.28. The van der Waals surface area contributed by atoms with Gasteiger partial charge in [0.05, 0.1) is 17.3 Å². The lowest BCUT2D eigenvalue weighted by Gasteiger charge is -2.23. The molecule has 1 heterocycles. The predicted molar refractivity (Wildman–Crippen MR) is 109 cm³/mol. The topological polar surface area (TPSA) is 54.5 Å².